The summed E-state index contributed by atoms with van der Waals surface area (Å²) in [7, 11) is 1.65. The summed E-state index contributed by atoms with van der Waals surface area (Å²) < 4.78 is 5.36. The van der Waals surface area contributed by atoms with Crippen molar-refractivity contribution in [1.29, 1.82) is 0 Å². The van der Waals surface area contributed by atoms with Gasteiger partial charge in [-0.15, -0.1) is 0 Å². The summed E-state index contributed by atoms with van der Waals surface area (Å²) >= 11 is 0. The number of para-hydroxylation sites is 2. The van der Waals surface area contributed by atoms with Crippen LogP contribution >= 0.6 is 0 Å². The zero-order valence-electron chi connectivity index (χ0n) is 24.9. The Kier molecular flexibility index (Phi) is 8.01. The number of benzene rings is 4. The Morgan fingerprint density at radius 3 is 2.16 bits per heavy atom. The van der Waals surface area contributed by atoms with Crippen LogP contribution in [0.25, 0.3) is 0 Å². The van der Waals surface area contributed by atoms with Gasteiger partial charge in [-0.1, -0.05) is 54.6 Å². The molecular formula is C37H37N3O3. The lowest BCUT2D eigenvalue weighted by Gasteiger charge is -2.35. The number of nitrogens with zero attached hydrogens (tertiary/aromatic N) is 2. The molecule has 6 nitrogen and oxygen atoms in total. The van der Waals surface area contributed by atoms with Gasteiger partial charge in [0.1, 0.15) is 5.75 Å². The summed E-state index contributed by atoms with van der Waals surface area (Å²) in [4.78, 5) is 32.9. The van der Waals surface area contributed by atoms with Gasteiger partial charge in [0, 0.05) is 42.0 Å². The van der Waals surface area contributed by atoms with Gasteiger partial charge in [-0.3, -0.25) is 14.5 Å². The molecule has 4 aromatic carbocycles. The molecule has 1 N–H and O–H groups in total. The van der Waals surface area contributed by atoms with E-state index >= 15 is 0 Å². The number of fused-ring (bicyclic) bond motifs is 1. The lowest BCUT2D eigenvalue weighted by atomic mass is 9.78. The van der Waals surface area contributed by atoms with Crippen molar-refractivity contribution >= 4 is 28.8 Å². The molecule has 0 radical (unpaired) electrons. The fraction of sp³-hybridized carbons (Fsp3) is 0.243. The molecule has 2 atom stereocenters. The summed E-state index contributed by atoms with van der Waals surface area (Å²) in [5.41, 5.74) is 6.77. The number of amides is 1. The fourth-order valence-electron chi connectivity index (χ4n) is 6.42. The van der Waals surface area contributed by atoms with Crippen LogP contribution in [0, 0.1) is 0 Å². The number of carbonyl (C=O) groups is 2. The number of methoxy groups -OCH3 is 1. The summed E-state index contributed by atoms with van der Waals surface area (Å²) in [5.74, 6) is 0.701. The van der Waals surface area contributed by atoms with E-state index in [1.54, 1.807) is 7.11 Å². The second-order valence-electron chi connectivity index (χ2n) is 11.0. The number of carbonyl (C=O) groups excluding carboxylic acids is 2. The van der Waals surface area contributed by atoms with E-state index < -0.39 is 6.04 Å². The monoisotopic (exact) mass is 571 g/mol. The van der Waals surface area contributed by atoms with Crippen LogP contribution < -0.4 is 19.9 Å². The predicted octanol–water partition coefficient (Wildman–Crippen LogP) is 7.76. The van der Waals surface area contributed by atoms with Crippen molar-refractivity contribution in [2.75, 3.05) is 35.3 Å². The topological polar surface area (TPSA) is 61.9 Å². The molecule has 6 heteroatoms. The van der Waals surface area contributed by atoms with Gasteiger partial charge in [-0.2, -0.15) is 0 Å². The zero-order valence-corrected chi connectivity index (χ0v) is 24.9. The molecule has 6 rings (SSSR count). The Morgan fingerprint density at radius 2 is 1.49 bits per heavy atom. The third-order valence-corrected chi connectivity index (χ3v) is 8.65. The van der Waals surface area contributed by atoms with Crippen LogP contribution in [0.3, 0.4) is 0 Å². The first kappa shape index (κ1) is 28.3. The maximum Gasteiger partial charge on any atom is 0.259 e. The van der Waals surface area contributed by atoms with Crippen molar-refractivity contribution < 1.29 is 14.3 Å². The zero-order chi connectivity index (χ0) is 29.9. The van der Waals surface area contributed by atoms with Crippen molar-refractivity contribution in [3.05, 3.63) is 131 Å². The van der Waals surface area contributed by atoms with Crippen molar-refractivity contribution in [2.24, 2.45) is 0 Å². The van der Waals surface area contributed by atoms with Gasteiger partial charge in [0.25, 0.3) is 5.91 Å². The second-order valence-corrected chi connectivity index (χ2v) is 11.0. The molecule has 0 saturated carbocycles. The lowest BCUT2D eigenvalue weighted by molar-refractivity contribution is -0.116. The first-order valence-electron chi connectivity index (χ1n) is 15.0. The van der Waals surface area contributed by atoms with E-state index in [-0.39, 0.29) is 17.6 Å². The van der Waals surface area contributed by atoms with Crippen LogP contribution in [0.15, 0.2) is 114 Å². The Morgan fingerprint density at radius 1 is 0.837 bits per heavy atom. The Labute approximate surface area is 253 Å². The van der Waals surface area contributed by atoms with E-state index in [1.807, 2.05) is 83.8 Å². The summed E-state index contributed by atoms with van der Waals surface area (Å²) in [5, 5.41) is 3.63. The van der Waals surface area contributed by atoms with E-state index in [9.17, 15) is 9.59 Å². The van der Waals surface area contributed by atoms with Crippen LogP contribution in [0.1, 0.15) is 60.1 Å². The molecular weight excluding hydrogens is 534 g/mol. The number of ether oxygens (including phenoxy) is 1. The van der Waals surface area contributed by atoms with Crippen LogP contribution in [0.5, 0.6) is 5.75 Å². The van der Waals surface area contributed by atoms with E-state index in [1.165, 1.54) is 0 Å². The van der Waals surface area contributed by atoms with Gasteiger partial charge < -0.3 is 15.0 Å². The number of Topliss-reactive ketones (excluding diaryl/α,β-unsaturated/α-hetero) is 1. The molecule has 0 saturated heterocycles. The van der Waals surface area contributed by atoms with Gasteiger partial charge in [0.05, 0.1) is 24.5 Å². The van der Waals surface area contributed by atoms with E-state index in [4.69, 9.17) is 4.74 Å². The van der Waals surface area contributed by atoms with E-state index in [0.717, 1.165) is 52.7 Å². The smallest absolute Gasteiger partial charge is 0.259 e. The fourth-order valence-corrected chi connectivity index (χ4v) is 6.42. The maximum atomic E-state index is 14.4. The Balaban J connectivity index is 1.52. The average molecular weight is 572 g/mol. The molecule has 4 aromatic rings. The minimum Gasteiger partial charge on any atom is -0.497 e. The minimum absolute atomic E-state index is 0.0129. The van der Waals surface area contributed by atoms with E-state index in [2.05, 4.69) is 48.3 Å². The molecule has 43 heavy (non-hydrogen) atoms. The van der Waals surface area contributed by atoms with Crippen molar-refractivity contribution in [1.82, 2.24) is 0 Å². The molecule has 1 aliphatic heterocycles. The number of hydrogen-bond donors (Lipinski definition) is 1. The van der Waals surface area contributed by atoms with Crippen LogP contribution in [0.2, 0.25) is 0 Å². The second kappa shape index (κ2) is 12.2. The SMILES string of the molecule is CCN(CC)c1ccc([C@H]2C3=C(C[C@H](c4ccc(OC)cc4)CC3=O)Nc3ccccc3N2C(=O)c2ccccc2)cc1. The summed E-state index contributed by atoms with van der Waals surface area (Å²) in [6.45, 7) is 6.08. The van der Waals surface area contributed by atoms with Crippen LogP contribution in [0.4, 0.5) is 17.1 Å². The quantitative estimate of drug-likeness (QED) is 0.246. The molecule has 0 bridgehead atoms. The molecule has 1 amide bonds. The highest BCUT2D eigenvalue weighted by molar-refractivity contribution is 6.12. The molecule has 0 spiro atoms. The summed E-state index contributed by atoms with van der Waals surface area (Å²) in [6.07, 6.45) is 1.02. The molecule has 0 aromatic heterocycles. The number of hydrogen-bond acceptors (Lipinski definition) is 5. The minimum atomic E-state index is -0.589. The maximum absolute atomic E-state index is 14.4. The van der Waals surface area contributed by atoms with Crippen molar-refractivity contribution in [3.8, 4) is 5.75 Å². The van der Waals surface area contributed by atoms with Gasteiger partial charge in [-0.05, 0) is 85.8 Å². The standard InChI is InChI=1S/C37H37N3O3/c1-4-39(5-2)29-19-15-26(16-20-29)36-35-32(23-28(24-34(35)41)25-17-21-30(43-3)22-18-25)38-31-13-9-10-14-33(31)40(36)37(42)27-11-7-6-8-12-27/h6-22,28,36,38H,4-5,23-24H2,1-3H3/t28-,36-/m0/s1. The van der Waals surface area contributed by atoms with Gasteiger partial charge in [-0.25, -0.2) is 0 Å². The highest BCUT2D eigenvalue weighted by Crippen LogP contribution is 2.48. The Bertz CT molecular complexity index is 1640. The average Bonchev–Trinajstić information content (AvgIpc) is 3.20. The first-order chi connectivity index (χ1) is 21.0. The number of ketones is 1. The molecule has 218 valence electrons. The van der Waals surface area contributed by atoms with Gasteiger partial charge in [0.2, 0.25) is 0 Å². The van der Waals surface area contributed by atoms with Crippen molar-refractivity contribution in [2.45, 2.75) is 38.6 Å². The lowest BCUT2D eigenvalue weighted by Crippen LogP contribution is -2.38. The Hall–Kier alpha value is -4.84. The summed E-state index contributed by atoms with van der Waals surface area (Å²) in [6, 6.07) is 32.9. The first-order valence-corrected chi connectivity index (χ1v) is 15.0. The molecule has 2 aliphatic rings. The number of anilines is 3. The predicted molar refractivity (Wildman–Crippen MR) is 173 cm³/mol. The number of allylic oxidation sites excluding steroid dienone is 1. The molecule has 0 fully saturated rings. The molecule has 1 heterocycles. The largest absolute Gasteiger partial charge is 0.497 e. The van der Waals surface area contributed by atoms with Crippen molar-refractivity contribution in [3.63, 3.8) is 0 Å². The highest BCUT2D eigenvalue weighted by atomic mass is 16.5. The third-order valence-electron chi connectivity index (χ3n) is 8.65. The molecule has 0 unspecified atom stereocenters. The van der Waals surface area contributed by atoms with Gasteiger partial charge >= 0.3 is 0 Å². The molecule has 1 aliphatic carbocycles. The third kappa shape index (κ3) is 5.41. The number of rotatable bonds is 7. The number of nitrogens with one attached hydrogen (secondary N) is 1. The highest BCUT2D eigenvalue weighted by Gasteiger charge is 2.42. The van der Waals surface area contributed by atoms with E-state index in [0.29, 0.717) is 24.0 Å². The van der Waals surface area contributed by atoms with Gasteiger partial charge in [0.15, 0.2) is 5.78 Å². The van der Waals surface area contributed by atoms with Crippen LogP contribution in [-0.4, -0.2) is 31.9 Å². The normalized spacial score (nSPS) is 17.8. The van der Waals surface area contributed by atoms with Crippen LogP contribution in [-0.2, 0) is 4.79 Å².